The molecule has 244 valence electrons. The normalized spacial score (nSPS) is 14.8. The van der Waals surface area contributed by atoms with Crippen LogP contribution in [0.4, 0.5) is 0 Å². The lowest BCUT2D eigenvalue weighted by Crippen LogP contribution is -2.61. The minimum Gasteiger partial charge on any atom is -0.481 e. The molecule has 0 aromatic carbocycles. The van der Waals surface area contributed by atoms with Gasteiger partial charge in [0.15, 0.2) is 5.96 Å². The van der Waals surface area contributed by atoms with Gasteiger partial charge in [0.05, 0.1) is 24.8 Å². The van der Waals surface area contributed by atoms with Crippen molar-refractivity contribution in [3.05, 3.63) is 0 Å². The minimum atomic E-state index is -1.76. The summed E-state index contributed by atoms with van der Waals surface area (Å²) < 4.78 is 0. The van der Waals surface area contributed by atoms with Crippen LogP contribution < -0.4 is 43.8 Å². The van der Waals surface area contributed by atoms with Crippen molar-refractivity contribution in [1.29, 1.82) is 0 Å². The SMILES string of the molecule is C[C@@H](O)[C@H](NC(=O)CNC(=O)[C@@H](N)CCCN=C(N)N)C(=O)N[C@H](C(=O)N[C@@H](CCC(=O)O)C(=O)NCC(=O)O)[C@@H](C)O. The van der Waals surface area contributed by atoms with Gasteiger partial charge < -0.3 is 64.2 Å². The van der Waals surface area contributed by atoms with Gasteiger partial charge in [-0.3, -0.25) is 38.6 Å². The van der Waals surface area contributed by atoms with Crippen molar-refractivity contribution in [3.8, 4) is 0 Å². The predicted molar refractivity (Wildman–Crippen MR) is 148 cm³/mol. The molecule has 0 heterocycles. The molecule has 0 unspecified atom stereocenters. The number of nitrogens with two attached hydrogens (primary N) is 3. The van der Waals surface area contributed by atoms with E-state index in [0.717, 1.165) is 13.8 Å². The predicted octanol–water partition coefficient (Wildman–Crippen LogP) is -6.23. The van der Waals surface area contributed by atoms with E-state index in [1.54, 1.807) is 0 Å². The standard InChI is InChI=1S/C23H41N9O11/c1-10(33)17(31-14(35)8-28-19(40)12(24)4-3-7-27-23(25)26)22(43)32-18(11(2)34)21(42)30-13(5-6-15(36)37)20(41)29-9-16(38)39/h10-13,17-18,33-34H,3-9,24H2,1-2H3,(H,28,40)(H,29,41)(H,30,42)(H,31,35)(H,32,43)(H,36,37)(H,38,39)(H4,25,26,27)/t10-,11-,12+,13+,17+,18+/m1/s1. The third kappa shape index (κ3) is 16.5. The zero-order valence-corrected chi connectivity index (χ0v) is 23.7. The number of hydrogen-bond acceptors (Lipinski definition) is 11. The molecule has 0 rings (SSSR count). The average molecular weight is 620 g/mol. The third-order valence-electron chi connectivity index (χ3n) is 5.57. The summed E-state index contributed by atoms with van der Waals surface area (Å²) in [6.45, 7) is 1.03. The zero-order valence-electron chi connectivity index (χ0n) is 23.7. The van der Waals surface area contributed by atoms with Gasteiger partial charge in [-0.25, -0.2) is 0 Å². The van der Waals surface area contributed by atoms with Crippen molar-refractivity contribution in [1.82, 2.24) is 26.6 Å². The number of aliphatic imine (C=N–C) groups is 1. The van der Waals surface area contributed by atoms with E-state index in [2.05, 4.69) is 26.3 Å². The second-order valence-electron chi connectivity index (χ2n) is 9.39. The van der Waals surface area contributed by atoms with Crippen molar-refractivity contribution < 1.29 is 54.0 Å². The van der Waals surface area contributed by atoms with Gasteiger partial charge in [-0.05, 0) is 33.1 Å². The van der Waals surface area contributed by atoms with Gasteiger partial charge >= 0.3 is 11.9 Å². The summed E-state index contributed by atoms with van der Waals surface area (Å²) >= 11 is 0. The molecule has 0 bridgehead atoms. The molecule has 43 heavy (non-hydrogen) atoms. The number of carboxylic acids is 2. The van der Waals surface area contributed by atoms with Crippen LogP contribution in [-0.2, 0) is 33.6 Å². The Morgan fingerprint density at radius 3 is 1.77 bits per heavy atom. The van der Waals surface area contributed by atoms with Gasteiger partial charge in [-0.1, -0.05) is 0 Å². The van der Waals surface area contributed by atoms with Gasteiger partial charge in [-0.15, -0.1) is 0 Å². The largest absolute Gasteiger partial charge is 0.481 e. The Bertz CT molecular complexity index is 1030. The molecule has 0 saturated heterocycles. The fourth-order valence-electron chi connectivity index (χ4n) is 3.31. The number of nitrogens with zero attached hydrogens (tertiary/aromatic N) is 1. The lowest BCUT2D eigenvalue weighted by Gasteiger charge is -2.27. The van der Waals surface area contributed by atoms with E-state index in [0.29, 0.717) is 6.42 Å². The van der Waals surface area contributed by atoms with Crippen LogP contribution in [0, 0.1) is 0 Å². The Balaban J connectivity index is 5.31. The molecule has 0 aliphatic heterocycles. The fourth-order valence-corrected chi connectivity index (χ4v) is 3.31. The first kappa shape index (κ1) is 38.4. The highest BCUT2D eigenvalue weighted by molar-refractivity contribution is 5.96. The number of carboxylic acid groups (broad SMARTS) is 2. The van der Waals surface area contributed by atoms with Gasteiger partial charge in [0, 0.05) is 13.0 Å². The van der Waals surface area contributed by atoms with Gasteiger partial charge in [0.1, 0.15) is 24.7 Å². The van der Waals surface area contributed by atoms with E-state index in [-0.39, 0.29) is 18.9 Å². The number of aliphatic hydroxyl groups excluding tert-OH is 2. The molecule has 20 nitrogen and oxygen atoms in total. The van der Waals surface area contributed by atoms with Crippen molar-refractivity contribution in [2.75, 3.05) is 19.6 Å². The van der Waals surface area contributed by atoms with E-state index in [1.807, 2.05) is 5.32 Å². The summed E-state index contributed by atoms with van der Waals surface area (Å²) in [5.74, 6) is -7.76. The molecule has 0 saturated carbocycles. The molecule has 15 N–H and O–H groups in total. The number of carbonyl (C=O) groups excluding carboxylic acids is 5. The second kappa shape index (κ2) is 19.5. The first-order valence-electron chi connectivity index (χ1n) is 13.0. The minimum absolute atomic E-state index is 0.118. The maximum Gasteiger partial charge on any atom is 0.322 e. The number of hydrogen-bond donors (Lipinski definition) is 12. The number of nitrogens with one attached hydrogen (secondary N) is 5. The maximum absolute atomic E-state index is 12.9. The van der Waals surface area contributed by atoms with E-state index in [9.17, 15) is 43.8 Å². The first-order valence-corrected chi connectivity index (χ1v) is 13.0. The molecule has 0 spiro atoms. The number of carbonyl (C=O) groups is 7. The van der Waals surface area contributed by atoms with E-state index >= 15 is 0 Å². The molecule has 0 fully saturated rings. The Morgan fingerprint density at radius 1 is 0.721 bits per heavy atom. The molecule has 20 heteroatoms. The molecule has 0 aliphatic carbocycles. The van der Waals surface area contributed by atoms with Gasteiger partial charge in [-0.2, -0.15) is 0 Å². The summed E-state index contributed by atoms with van der Waals surface area (Å²) in [7, 11) is 0. The van der Waals surface area contributed by atoms with Crippen LogP contribution in [-0.4, -0.2) is 124 Å². The van der Waals surface area contributed by atoms with Crippen LogP contribution in [0.5, 0.6) is 0 Å². The van der Waals surface area contributed by atoms with Crippen molar-refractivity contribution in [3.63, 3.8) is 0 Å². The Hall–Kier alpha value is -4.56. The summed E-state index contributed by atoms with van der Waals surface area (Å²) in [5.41, 5.74) is 16.1. The molecular formula is C23H41N9O11. The van der Waals surface area contributed by atoms with Crippen LogP contribution in [0.2, 0.25) is 0 Å². The highest BCUT2D eigenvalue weighted by atomic mass is 16.4. The highest BCUT2D eigenvalue weighted by Crippen LogP contribution is 2.03. The van der Waals surface area contributed by atoms with E-state index in [4.69, 9.17) is 27.4 Å². The molecule has 0 aromatic heterocycles. The summed E-state index contributed by atoms with van der Waals surface area (Å²) in [6, 6.07) is -5.97. The van der Waals surface area contributed by atoms with Crippen molar-refractivity contribution >= 4 is 47.4 Å². The summed E-state index contributed by atoms with van der Waals surface area (Å²) in [4.78, 5) is 87.9. The quantitative estimate of drug-likeness (QED) is 0.0343. The van der Waals surface area contributed by atoms with Crippen LogP contribution >= 0.6 is 0 Å². The van der Waals surface area contributed by atoms with Gasteiger partial charge in [0.25, 0.3) is 0 Å². The van der Waals surface area contributed by atoms with Gasteiger partial charge in [0.2, 0.25) is 29.5 Å². The molecule has 0 aromatic rings. The average Bonchev–Trinajstić information content (AvgIpc) is 2.91. The van der Waals surface area contributed by atoms with Crippen LogP contribution in [0.1, 0.15) is 39.5 Å². The van der Waals surface area contributed by atoms with E-state index < -0.39 is 104 Å². The molecular weight excluding hydrogens is 578 g/mol. The zero-order chi connectivity index (χ0) is 33.3. The van der Waals surface area contributed by atoms with Crippen LogP contribution in [0.3, 0.4) is 0 Å². The van der Waals surface area contributed by atoms with Crippen molar-refractivity contribution in [2.45, 2.75) is 75.9 Å². The Morgan fingerprint density at radius 2 is 1.26 bits per heavy atom. The summed E-state index contributed by atoms with van der Waals surface area (Å²) in [5, 5.41) is 48.5. The lowest BCUT2D eigenvalue weighted by atomic mass is 10.1. The number of aliphatic hydroxyl groups is 2. The number of guanidine groups is 1. The molecule has 0 aliphatic rings. The third-order valence-corrected chi connectivity index (χ3v) is 5.57. The highest BCUT2D eigenvalue weighted by Gasteiger charge is 2.34. The molecule has 5 amide bonds. The summed E-state index contributed by atoms with van der Waals surface area (Å²) in [6.07, 6.45) is -3.58. The van der Waals surface area contributed by atoms with Crippen molar-refractivity contribution in [2.24, 2.45) is 22.2 Å². The number of rotatable bonds is 20. The Labute approximate surface area is 246 Å². The first-order chi connectivity index (χ1) is 20.0. The number of amides is 5. The monoisotopic (exact) mass is 619 g/mol. The van der Waals surface area contributed by atoms with Crippen LogP contribution in [0.25, 0.3) is 0 Å². The molecule has 0 radical (unpaired) electrons. The second-order valence-corrected chi connectivity index (χ2v) is 9.39. The molecule has 6 atom stereocenters. The fraction of sp³-hybridized carbons (Fsp3) is 0.652. The Kier molecular flexibility index (Phi) is 17.5. The lowest BCUT2D eigenvalue weighted by molar-refractivity contribution is -0.140. The smallest absolute Gasteiger partial charge is 0.322 e. The maximum atomic E-state index is 12.9. The van der Waals surface area contributed by atoms with Crippen LogP contribution in [0.15, 0.2) is 4.99 Å². The topological polar surface area (TPSA) is 351 Å². The van der Waals surface area contributed by atoms with E-state index in [1.165, 1.54) is 0 Å². The number of aliphatic carboxylic acids is 2.